The van der Waals surface area contributed by atoms with E-state index in [1.165, 1.54) is 10.6 Å². The molecule has 90 valence electrons. The van der Waals surface area contributed by atoms with Crippen LogP contribution in [0.3, 0.4) is 0 Å². The molecule has 1 heterocycles. The van der Waals surface area contributed by atoms with E-state index >= 15 is 0 Å². The fourth-order valence-electron chi connectivity index (χ4n) is 1.59. The van der Waals surface area contributed by atoms with Crippen LogP contribution in [0.4, 0.5) is 0 Å². The van der Waals surface area contributed by atoms with Crippen LogP contribution < -0.4 is 4.74 Å². The van der Waals surface area contributed by atoms with Crippen molar-refractivity contribution in [2.24, 2.45) is 0 Å². The molecule has 3 heteroatoms. The van der Waals surface area contributed by atoms with Crippen LogP contribution in [0.2, 0.25) is 0 Å². The quantitative estimate of drug-likeness (QED) is 0.800. The van der Waals surface area contributed by atoms with Crippen molar-refractivity contribution in [3.63, 3.8) is 0 Å². The van der Waals surface area contributed by atoms with Gasteiger partial charge in [0.15, 0.2) is 0 Å². The van der Waals surface area contributed by atoms with Gasteiger partial charge in [0.1, 0.15) is 12.4 Å². The summed E-state index contributed by atoms with van der Waals surface area (Å²) in [5.74, 6) is 0.926. The van der Waals surface area contributed by atoms with E-state index in [2.05, 4.69) is 36.3 Å². The smallest absolute Gasteiger partial charge is 0.131 e. The lowest BCUT2D eigenvalue weighted by Gasteiger charge is -2.05. The highest BCUT2D eigenvalue weighted by Crippen LogP contribution is 2.16. The highest BCUT2D eigenvalue weighted by Gasteiger charge is 2.01. The number of aryl methyl sites for hydroxylation is 2. The van der Waals surface area contributed by atoms with Crippen molar-refractivity contribution in [2.75, 3.05) is 0 Å². The van der Waals surface area contributed by atoms with Crippen molar-refractivity contribution < 1.29 is 4.74 Å². The van der Waals surface area contributed by atoms with Crippen molar-refractivity contribution >= 4 is 11.3 Å². The van der Waals surface area contributed by atoms with E-state index in [1.54, 1.807) is 11.3 Å². The molecule has 0 N–H and O–H groups in total. The van der Waals surface area contributed by atoms with Crippen molar-refractivity contribution in [1.29, 1.82) is 0 Å². The molecule has 1 aromatic carbocycles. The van der Waals surface area contributed by atoms with Crippen LogP contribution in [0.15, 0.2) is 29.6 Å². The molecule has 2 rings (SSSR count). The number of benzene rings is 1. The maximum atomic E-state index is 5.74. The molecule has 0 bridgehead atoms. The molecule has 0 amide bonds. The van der Waals surface area contributed by atoms with Crippen LogP contribution in [0.25, 0.3) is 0 Å². The van der Waals surface area contributed by atoms with Crippen LogP contribution in [0, 0.1) is 0 Å². The van der Waals surface area contributed by atoms with E-state index in [4.69, 9.17) is 4.74 Å². The third-order valence-corrected chi connectivity index (χ3v) is 3.64. The number of aromatic nitrogens is 1. The van der Waals surface area contributed by atoms with Crippen molar-refractivity contribution in [2.45, 2.75) is 33.3 Å². The minimum absolute atomic E-state index is 0.559. The van der Waals surface area contributed by atoms with Crippen LogP contribution in [-0.2, 0) is 19.4 Å². The van der Waals surface area contributed by atoms with Gasteiger partial charge in [0.05, 0.1) is 10.7 Å². The average molecular weight is 247 g/mol. The lowest BCUT2D eigenvalue weighted by Crippen LogP contribution is -1.96. The second kappa shape index (κ2) is 5.82. The van der Waals surface area contributed by atoms with E-state index in [9.17, 15) is 0 Å². The molecule has 0 radical (unpaired) electrons. The Morgan fingerprint density at radius 1 is 1.24 bits per heavy atom. The summed E-state index contributed by atoms with van der Waals surface area (Å²) in [5, 5.41) is 3.24. The van der Waals surface area contributed by atoms with Gasteiger partial charge in [0.2, 0.25) is 0 Å². The predicted molar refractivity (Wildman–Crippen MR) is 71.6 cm³/mol. The fourth-order valence-corrected chi connectivity index (χ4v) is 2.32. The van der Waals surface area contributed by atoms with Crippen LogP contribution >= 0.6 is 11.3 Å². The molecule has 0 aliphatic carbocycles. The topological polar surface area (TPSA) is 22.1 Å². The third-order valence-electron chi connectivity index (χ3n) is 2.60. The first-order valence-corrected chi connectivity index (χ1v) is 6.84. The zero-order valence-corrected chi connectivity index (χ0v) is 11.1. The Kier molecular flexibility index (Phi) is 4.15. The summed E-state index contributed by atoms with van der Waals surface area (Å²) < 4.78 is 5.74. The predicted octanol–water partition coefficient (Wildman–Crippen LogP) is 3.85. The minimum Gasteiger partial charge on any atom is -0.487 e. The summed E-state index contributed by atoms with van der Waals surface area (Å²) in [6.07, 6.45) is 2.03. The van der Waals surface area contributed by atoms with Gasteiger partial charge in [-0.3, -0.25) is 0 Å². The molecule has 0 fully saturated rings. The summed E-state index contributed by atoms with van der Waals surface area (Å²) in [5.41, 5.74) is 2.32. The Bertz CT molecular complexity index is 479. The molecule has 2 aromatic rings. The number of hydrogen-bond acceptors (Lipinski definition) is 3. The molecule has 0 atom stereocenters. The number of ether oxygens (including phenoxy) is 1. The largest absolute Gasteiger partial charge is 0.487 e. The second-order valence-corrected chi connectivity index (χ2v) is 4.82. The molecule has 17 heavy (non-hydrogen) atoms. The third kappa shape index (κ3) is 3.30. The molecule has 2 nitrogen and oxygen atoms in total. The summed E-state index contributed by atoms with van der Waals surface area (Å²) in [7, 11) is 0. The average Bonchev–Trinajstić information content (AvgIpc) is 2.84. The second-order valence-electron chi connectivity index (χ2n) is 3.88. The zero-order chi connectivity index (χ0) is 12.1. The first kappa shape index (κ1) is 12.1. The summed E-state index contributed by atoms with van der Waals surface area (Å²) in [6, 6.07) is 8.23. The van der Waals surface area contributed by atoms with Gasteiger partial charge in [0, 0.05) is 5.38 Å². The first-order valence-electron chi connectivity index (χ1n) is 5.96. The van der Waals surface area contributed by atoms with E-state index < -0.39 is 0 Å². The Morgan fingerprint density at radius 3 is 2.82 bits per heavy atom. The Morgan fingerprint density at radius 2 is 2.12 bits per heavy atom. The van der Waals surface area contributed by atoms with Gasteiger partial charge in [-0.05, 0) is 30.5 Å². The highest BCUT2D eigenvalue weighted by atomic mass is 32.1. The summed E-state index contributed by atoms with van der Waals surface area (Å²) in [6.45, 7) is 4.82. The number of nitrogens with zero attached hydrogens (tertiary/aromatic N) is 1. The van der Waals surface area contributed by atoms with Crippen molar-refractivity contribution in [3.05, 3.63) is 45.9 Å². The number of rotatable bonds is 5. The Labute approximate surface area is 106 Å². The summed E-state index contributed by atoms with van der Waals surface area (Å²) in [4.78, 5) is 4.48. The molecule has 1 aromatic heterocycles. The standard InChI is InChI=1S/C14H17NOS/c1-3-11-6-5-7-13(8-11)16-9-12-10-17-14(4-2)15-12/h5-8,10H,3-4,9H2,1-2H3. The lowest BCUT2D eigenvalue weighted by molar-refractivity contribution is 0.301. The normalized spacial score (nSPS) is 10.5. The number of hydrogen-bond donors (Lipinski definition) is 0. The van der Waals surface area contributed by atoms with Crippen molar-refractivity contribution in [1.82, 2.24) is 4.98 Å². The maximum absolute atomic E-state index is 5.74. The molecule has 0 spiro atoms. The van der Waals surface area contributed by atoms with E-state index in [-0.39, 0.29) is 0 Å². The van der Waals surface area contributed by atoms with Crippen molar-refractivity contribution in [3.8, 4) is 5.75 Å². The molecular weight excluding hydrogens is 230 g/mol. The van der Waals surface area contributed by atoms with E-state index in [0.29, 0.717) is 6.61 Å². The number of thiazole rings is 1. The van der Waals surface area contributed by atoms with Gasteiger partial charge < -0.3 is 4.74 Å². The molecule has 0 saturated heterocycles. The zero-order valence-electron chi connectivity index (χ0n) is 10.3. The highest BCUT2D eigenvalue weighted by molar-refractivity contribution is 7.09. The van der Waals surface area contributed by atoms with Gasteiger partial charge in [-0.2, -0.15) is 0 Å². The first-order chi connectivity index (χ1) is 8.31. The Hall–Kier alpha value is -1.35. The fraction of sp³-hybridized carbons (Fsp3) is 0.357. The van der Waals surface area contributed by atoms with Gasteiger partial charge in [-0.15, -0.1) is 11.3 Å². The van der Waals surface area contributed by atoms with E-state index in [1.807, 2.05) is 12.1 Å². The van der Waals surface area contributed by atoms with Gasteiger partial charge in [0.25, 0.3) is 0 Å². The molecule has 0 unspecified atom stereocenters. The molecular formula is C14H17NOS. The van der Waals surface area contributed by atoms with Crippen LogP contribution in [0.1, 0.15) is 30.1 Å². The van der Waals surface area contributed by atoms with Gasteiger partial charge in [-0.1, -0.05) is 26.0 Å². The molecule has 0 aliphatic heterocycles. The lowest BCUT2D eigenvalue weighted by atomic mass is 10.2. The van der Waals surface area contributed by atoms with Gasteiger partial charge in [-0.25, -0.2) is 4.98 Å². The van der Waals surface area contributed by atoms with E-state index in [0.717, 1.165) is 24.3 Å². The minimum atomic E-state index is 0.559. The van der Waals surface area contributed by atoms with Crippen LogP contribution in [0.5, 0.6) is 5.75 Å². The SMILES string of the molecule is CCc1cccc(OCc2csc(CC)n2)c1. The van der Waals surface area contributed by atoms with Gasteiger partial charge >= 0.3 is 0 Å². The maximum Gasteiger partial charge on any atom is 0.131 e. The van der Waals surface area contributed by atoms with Crippen LogP contribution in [-0.4, -0.2) is 4.98 Å². The summed E-state index contributed by atoms with van der Waals surface area (Å²) >= 11 is 1.70. The Balaban J connectivity index is 1.96. The molecule has 0 aliphatic rings. The molecule has 0 saturated carbocycles. The monoisotopic (exact) mass is 247 g/mol.